The Bertz CT molecular complexity index is 327. The number of nitrogens with one attached hydrogen (secondary N) is 1. The highest BCUT2D eigenvalue weighted by molar-refractivity contribution is 5.49. The molecule has 0 saturated carbocycles. The van der Waals surface area contributed by atoms with Gasteiger partial charge in [-0.05, 0) is 26.0 Å². The van der Waals surface area contributed by atoms with E-state index in [-0.39, 0.29) is 6.04 Å². The first kappa shape index (κ1) is 10.5. The smallest absolute Gasteiger partial charge is 0.121 e. The van der Waals surface area contributed by atoms with Crippen molar-refractivity contribution in [3.05, 3.63) is 24.3 Å². The number of benzene rings is 1. The van der Waals surface area contributed by atoms with Gasteiger partial charge in [-0.15, -0.1) is 6.42 Å². The van der Waals surface area contributed by atoms with Crippen LogP contribution in [0.5, 0.6) is 5.75 Å². The van der Waals surface area contributed by atoms with Gasteiger partial charge in [-0.25, -0.2) is 0 Å². The van der Waals surface area contributed by atoms with Crippen LogP contribution in [0.3, 0.4) is 0 Å². The molecule has 1 unspecified atom stereocenters. The fourth-order valence-corrected chi connectivity index (χ4v) is 1.13. The van der Waals surface area contributed by atoms with Crippen LogP contribution in [0.4, 0.5) is 5.69 Å². The number of terminal acetylenes is 1. The number of anilines is 1. The molecule has 2 heteroatoms. The van der Waals surface area contributed by atoms with Crippen molar-refractivity contribution in [3.63, 3.8) is 0 Å². The van der Waals surface area contributed by atoms with Crippen molar-refractivity contribution < 1.29 is 4.74 Å². The van der Waals surface area contributed by atoms with Gasteiger partial charge in [0.05, 0.1) is 12.6 Å². The molecule has 14 heavy (non-hydrogen) atoms. The van der Waals surface area contributed by atoms with Crippen molar-refractivity contribution in [3.8, 4) is 18.1 Å². The van der Waals surface area contributed by atoms with Crippen LogP contribution in [0.15, 0.2) is 24.3 Å². The minimum atomic E-state index is 0.0341. The van der Waals surface area contributed by atoms with E-state index in [1.54, 1.807) is 0 Å². The molecule has 1 rings (SSSR count). The van der Waals surface area contributed by atoms with Gasteiger partial charge < -0.3 is 10.1 Å². The topological polar surface area (TPSA) is 21.3 Å². The van der Waals surface area contributed by atoms with Gasteiger partial charge in [0.1, 0.15) is 5.75 Å². The molecular formula is C12H15NO. The van der Waals surface area contributed by atoms with E-state index in [1.165, 1.54) is 0 Å². The van der Waals surface area contributed by atoms with E-state index >= 15 is 0 Å². The van der Waals surface area contributed by atoms with Crippen molar-refractivity contribution in [2.75, 3.05) is 11.9 Å². The Kier molecular flexibility index (Phi) is 3.87. The molecule has 0 aromatic heterocycles. The van der Waals surface area contributed by atoms with Gasteiger partial charge in [0.15, 0.2) is 0 Å². The van der Waals surface area contributed by atoms with Gasteiger partial charge in [0.25, 0.3) is 0 Å². The lowest BCUT2D eigenvalue weighted by Gasteiger charge is -2.10. The Morgan fingerprint density at radius 3 is 3.00 bits per heavy atom. The number of hydrogen-bond acceptors (Lipinski definition) is 2. The SMILES string of the molecule is C#CC(C)Nc1cccc(OCC)c1. The molecule has 0 fully saturated rings. The fourth-order valence-electron chi connectivity index (χ4n) is 1.13. The highest BCUT2D eigenvalue weighted by Gasteiger charge is 1.98. The Morgan fingerprint density at radius 2 is 2.36 bits per heavy atom. The lowest BCUT2D eigenvalue weighted by molar-refractivity contribution is 0.340. The Labute approximate surface area is 85.3 Å². The third kappa shape index (κ3) is 3.02. The predicted molar refractivity (Wildman–Crippen MR) is 59.5 cm³/mol. The molecule has 0 amide bonds. The molecule has 1 N–H and O–H groups in total. The molecule has 0 spiro atoms. The maximum atomic E-state index is 5.37. The Hall–Kier alpha value is -1.62. The van der Waals surface area contributed by atoms with Gasteiger partial charge in [-0.3, -0.25) is 0 Å². The molecule has 0 saturated heterocycles. The molecular weight excluding hydrogens is 174 g/mol. The first-order chi connectivity index (χ1) is 6.76. The second-order valence-corrected chi connectivity index (χ2v) is 2.99. The molecule has 2 nitrogen and oxygen atoms in total. The summed E-state index contributed by atoms with van der Waals surface area (Å²) in [6.45, 7) is 4.58. The molecule has 0 aliphatic heterocycles. The molecule has 0 radical (unpaired) electrons. The molecule has 74 valence electrons. The summed E-state index contributed by atoms with van der Waals surface area (Å²) in [5.41, 5.74) is 0.987. The Balaban J connectivity index is 2.69. The summed E-state index contributed by atoms with van der Waals surface area (Å²) in [6.07, 6.45) is 5.27. The van der Waals surface area contributed by atoms with Crippen LogP contribution in [0, 0.1) is 12.3 Å². The van der Waals surface area contributed by atoms with Gasteiger partial charge in [-0.1, -0.05) is 12.0 Å². The first-order valence-electron chi connectivity index (χ1n) is 4.71. The fraction of sp³-hybridized carbons (Fsp3) is 0.333. The highest BCUT2D eigenvalue weighted by atomic mass is 16.5. The molecule has 1 atom stereocenters. The van der Waals surface area contributed by atoms with Crippen molar-refractivity contribution in [2.24, 2.45) is 0 Å². The van der Waals surface area contributed by atoms with Crippen LogP contribution >= 0.6 is 0 Å². The van der Waals surface area contributed by atoms with E-state index in [9.17, 15) is 0 Å². The summed E-state index contributed by atoms with van der Waals surface area (Å²) < 4.78 is 5.37. The maximum Gasteiger partial charge on any atom is 0.121 e. The monoisotopic (exact) mass is 189 g/mol. The standard InChI is InChI=1S/C12H15NO/c1-4-10(3)13-11-7-6-8-12(9-11)14-5-2/h1,6-10,13H,5H2,2-3H3. The quantitative estimate of drug-likeness (QED) is 0.735. The lowest BCUT2D eigenvalue weighted by atomic mass is 10.2. The summed E-state index contributed by atoms with van der Waals surface area (Å²) in [5, 5.41) is 3.17. The van der Waals surface area contributed by atoms with E-state index in [0.29, 0.717) is 6.61 Å². The van der Waals surface area contributed by atoms with Crippen molar-refractivity contribution >= 4 is 5.69 Å². The molecule has 1 aromatic carbocycles. The maximum absolute atomic E-state index is 5.37. The van der Waals surface area contributed by atoms with Crippen LogP contribution in [-0.2, 0) is 0 Å². The predicted octanol–water partition coefficient (Wildman–Crippen LogP) is 2.52. The minimum Gasteiger partial charge on any atom is -0.494 e. The zero-order valence-corrected chi connectivity index (χ0v) is 8.58. The van der Waals surface area contributed by atoms with E-state index in [4.69, 9.17) is 11.2 Å². The molecule has 0 bridgehead atoms. The average Bonchev–Trinajstić information content (AvgIpc) is 2.19. The average molecular weight is 189 g/mol. The summed E-state index contributed by atoms with van der Waals surface area (Å²) in [6, 6.07) is 7.81. The number of ether oxygens (including phenoxy) is 1. The van der Waals surface area contributed by atoms with Gasteiger partial charge in [-0.2, -0.15) is 0 Å². The minimum absolute atomic E-state index is 0.0341. The summed E-state index contributed by atoms with van der Waals surface area (Å²) in [4.78, 5) is 0. The van der Waals surface area contributed by atoms with E-state index in [2.05, 4.69) is 11.2 Å². The van der Waals surface area contributed by atoms with Crippen LogP contribution in [0.1, 0.15) is 13.8 Å². The van der Waals surface area contributed by atoms with Crippen molar-refractivity contribution in [2.45, 2.75) is 19.9 Å². The van der Waals surface area contributed by atoms with Crippen molar-refractivity contribution in [1.29, 1.82) is 0 Å². The van der Waals surface area contributed by atoms with Crippen LogP contribution in [0.25, 0.3) is 0 Å². The second-order valence-electron chi connectivity index (χ2n) is 2.99. The van der Waals surface area contributed by atoms with E-state index in [1.807, 2.05) is 38.1 Å². The molecule has 1 aromatic rings. The third-order valence-corrected chi connectivity index (χ3v) is 1.78. The molecule has 0 aliphatic carbocycles. The second kappa shape index (κ2) is 5.18. The number of rotatable bonds is 4. The Morgan fingerprint density at radius 1 is 1.57 bits per heavy atom. The van der Waals surface area contributed by atoms with Crippen molar-refractivity contribution in [1.82, 2.24) is 0 Å². The van der Waals surface area contributed by atoms with Crippen LogP contribution < -0.4 is 10.1 Å². The molecule has 0 heterocycles. The normalized spacial score (nSPS) is 11.5. The highest BCUT2D eigenvalue weighted by Crippen LogP contribution is 2.17. The van der Waals surface area contributed by atoms with Gasteiger partial charge >= 0.3 is 0 Å². The first-order valence-corrected chi connectivity index (χ1v) is 4.71. The zero-order valence-electron chi connectivity index (χ0n) is 8.58. The van der Waals surface area contributed by atoms with Crippen LogP contribution in [0.2, 0.25) is 0 Å². The van der Waals surface area contributed by atoms with Gasteiger partial charge in [0, 0.05) is 11.8 Å². The van der Waals surface area contributed by atoms with Crippen LogP contribution in [-0.4, -0.2) is 12.6 Å². The van der Waals surface area contributed by atoms with E-state index in [0.717, 1.165) is 11.4 Å². The lowest BCUT2D eigenvalue weighted by Crippen LogP contribution is -2.11. The largest absolute Gasteiger partial charge is 0.494 e. The molecule has 0 aliphatic rings. The summed E-state index contributed by atoms with van der Waals surface area (Å²) >= 11 is 0. The zero-order chi connectivity index (χ0) is 10.4. The van der Waals surface area contributed by atoms with E-state index < -0.39 is 0 Å². The number of hydrogen-bond donors (Lipinski definition) is 1. The van der Waals surface area contributed by atoms with Gasteiger partial charge in [0.2, 0.25) is 0 Å². The summed E-state index contributed by atoms with van der Waals surface area (Å²) in [7, 11) is 0. The third-order valence-electron chi connectivity index (χ3n) is 1.78. The summed E-state index contributed by atoms with van der Waals surface area (Å²) in [5.74, 6) is 3.48.